The zero-order valence-corrected chi connectivity index (χ0v) is 8.08. The smallest absolute Gasteiger partial charge is 0.311 e. The zero-order valence-electron chi connectivity index (χ0n) is 8.08. The Bertz CT molecular complexity index is 390. The Balaban J connectivity index is 3.14. The van der Waals surface area contributed by atoms with E-state index < -0.39 is 4.92 Å². The van der Waals surface area contributed by atoms with Crippen molar-refractivity contribution in [1.82, 2.24) is 0 Å². The summed E-state index contributed by atoms with van der Waals surface area (Å²) in [4.78, 5) is 10.1. The molecule has 6 heteroatoms. The number of nitro benzene ring substituents is 1. The fourth-order valence-electron chi connectivity index (χ4n) is 1.10. The molecule has 1 aromatic carbocycles. The summed E-state index contributed by atoms with van der Waals surface area (Å²) in [7, 11) is 0. The van der Waals surface area contributed by atoms with Gasteiger partial charge in [0.2, 0.25) is 0 Å². The highest BCUT2D eigenvalue weighted by molar-refractivity contribution is 5.81. The van der Waals surface area contributed by atoms with Gasteiger partial charge in [-0.25, -0.2) is 0 Å². The highest BCUT2D eigenvalue weighted by Gasteiger charge is 2.14. The number of benzene rings is 1. The number of hydrogen-bond donors (Lipinski definition) is 1. The van der Waals surface area contributed by atoms with Gasteiger partial charge in [0.1, 0.15) is 0 Å². The van der Waals surface area contributed by atoms with Crippen LogP contribution in [0.1, 0.15) is 12.5 Å². The van der Waals surface area contributed by atoms with Crippen LogP contribution in [0.4, 0.5) is 5.69 Å². The third kappa shape index (κ3) is 2.67. The van der Waals surface area contributed by atoms with E-state index >= 15 is 0 Å². The van der Waals surface area contributed by atoms with Crippen LogP contribution in [0.3, 0.4) is 0 Å². The quantitative estimate of drug-likeness (QED) is 0.355. The number of oxime groups is 1. The van der Waals surface area contributed by atoms with Crippen molar-refractivity contribution in [2.75, 3.05) is 6.61 Å². The van der Waals surface area contributed by atoms with Crippen LogP contribution in [0.15, 0.2) is 23.4 Å². The van der Waals surface area contributed by atoms with Crippen LogP contribution in [0.2, 0.25) is 0 Å². The van der Waals surface area contributed by atoms with E-state index in [0.29, 0.717) is 12.2 Å². The molecule has 0 amide bonds. The van der Waals surface area contributed by atoms with Gasteiger partial charge in [-0.1, -0.05) is 5.16 Å². The average molecular weight is 210 g/mol. The van der Waals surface area contributed by atoms with E-state index in [9.17, 15) is 10.1 Å². The Morgan fingerprint density at radius 1 is 1.67 bits per heavy atom. The minimum Gasteiger partial charge on any atom is -0.487 e. The molecule has 0 aromatic heterocycles. The minimum atomic E-state index is -0.542. The Hall–Kier alpha value is -2.11. The van der Waals surface area contributed by atoms with Crippen LogP contribution in [0.5, 0.6) is 5.75 Å². The second-order valence-corrected chi connectivity index (χ2v) is 2.66. The predicted molar refractivity (Wildman–Crippen MR) is 53.6 cm³/mol. The van der Waals surface area contributed by atoms with Gasteiger partial charge in [0.25, 0.3) is 0 Å². The summed E-state index contributed by atoms with van der Waals surface area (Å²) >= 11 is 0. The van der Waals surface area contributed by atoms with Gasteiger partial charge in [-0.05, 0) is 19.1 Å². The van der Waals surface area contributed by atoms with Crippen LogP contribution in [0, 0.1) is 10.1 Å². The largest absolute Gasteiger partial charge is 0.487 e. The second kappa shape index (κ2) is 4.94. The lowest BCUT2D eigenvalue weighted by molar-refractivity contribution is -0.385. The summed E-state index contributed by atoms with van der Waals surface area (Å²) in [6, 6.07) is 4.32. The van der Waals surface area contributed by atoms with E-state index in [1.165, 1.54) is 12.1 Å². The van der Waals surface area contributed by atoms with Gasteiger partial charge >= 0.3 is 5.69 Å². The summed E-state index contributed by atoms with van der Waals surface area (Å²) in [6.07, 6.45) is 1.11. The summed E-state index contributed by atoms with van der Waals surface area (Å²) in [5.41, 5.74) is 0.293. The standard InChI is InChI=1S/C9H10N2O4/c1-2-15-9-4-3-7(6-10-12)5-8(9)11(13)14/h3-6,12H,2H2,1H3/b10-6-. The molecule has 0 saturated heterocycles. The maximum atomic E-state index is 10.7. The van der Waals surface area contributed by atoms with Crippen molar-refractivity contribution in [3.63, 3.8) is 0 Å². The molecule has 0 aliphatic heterocycles. The third-order valence-electron chi connectivity index (χ3n) is 1.69. The zero-order chi connectivity index (χ0) is 11.3. The van der Waals surface area contributed by atoms with Crippen molar-refractivity contribution in [2.24, 2.45) is 5.16 Å². The first kappa shape index (κ1) is 11.0. The molecule has 1 N–H and O–H groups in total. The van der Waals surface area contributed by atoms with E-state index in [4.69, 9.17) is 9.94 Å². The molecule has 1 rings (SSSR count). The molecule has 80 valence electrons. The predicted octanol–water partition coefficient (Wildman–Crippen LogP) is 1.80. The Morgan fingerprint density at radius 2 is 2.40 bits per heavy atom. The van der Waals surface area contributed by atoms with E-state index in [0.717, 1.165) is 6.21 Å². The van der Waals surface area contributed by atoms with E-state index in [2.05, 4.69) is 5.16 Å². The molecular formula is C9H10N2O4. The summed E-state index contributed by atoms with van der Waals surface area (Å²) in [5.74, 6) is 0.206. The van der Waals surface area contributed by atoms with Gasteiger partial charge < -0.3 is 9.94 Å². The maximum absolute atomic E-state index is 10.7. The normalized spacial score (nSPS) is 10.5. The molecular weight excluding hydrogens is 200 g/mol. The Labute approximate surface area is 85.9 Å². The van der Waals surface area contributed by atoms with Crippen LogP contribution in [-0.2, 0) is 0 Å². The van der Waals surface area contributed by atoms with Crippen molar-refractivity contribution in [3.05, 3.63) is 33.9 Å². The minimum absolute atomic E-state index is 0.144. The van der Waals surface area contributed by atoms with Crippen LogP contribution >= 0.6 is 0 Å². The summed E-state index contributed by atoms with van der Waals surface area (Å²) < 4.78 is 5.08. The molecule has 6 nitrogen and oxygen atoms in total. The highest BCUT2D eigenvalue weighted by atomic mass is 16.6. The van der Waals surface area contributed by atoms with E-state index in [1.807, 2.05) is 0 Å². The number of ether oxygens (including phenoxy) is 1. The molecule has 0 aliphatic carbocycles. The monoisotopic (exact) mass is 210 g/mol. The van der Waals surface area contributed by atoms with Crippen molar-refractivity contribution in [3.8, 4) is 5.75 Å². The van der Waals surface area contributed by atoms with Crippen molar-refractivity contribution < 1.29 is 14.9 Å². The van der Waals surface area contributed by atoms with Crippen molar-refractivity contribution >= 4 is 11.9 Å². The molecule has 0 radical (unpaired) electrons. The fraction of sp³-hybridized carbons (Fsp3) is 0.222. The van der Waals surface area contributed by atoms with Crippen molar-refractivity contribution in [1.29, 1.82) is 0 Å². The molecule has 15 heavy (non-hydrogen) atoms. The van der Waals surface area contributed by atoms with E-state index in [1.54, 1.807) is 13.0 Å². The molecule has 1 aromatic rings. The van der Waals surface area contributed by atoms with Gasteiger partial charge in [-0.2, -0.15) is 0 Å². The Kier molecular flexibility index (Phi) is 3.61. The van der Waals surface area contributed by atoms with Crippen LogP contribution < -0.4 is 4.74 Å². The topological polar surface area (TPSA) is 85.0 Å². The number of hydrogen-bond acceptors (Lipinski definition) is 5. The Morgan fingerprint density at radius 3 is 2.93 bits per heavy atom. The molecule has 0 spiro atoms. The van der Waals surface area contributed by atoms with E-state index in [-0.39, 0.29) is 11.4 Å². The molecule has 0 aliphatic rings. The van der Waals surface area contributed by atoms with Gasteiger partial charge in [-0.3, -0.25) is 10.1 Å². The maximum Gasteiger partial charge on any atom is 0.311 e. The van der Waals surface area contributed by atoms with Crippen LogP contribution in [0.25, 0.3) is 0 Å². The lowest BCUT2D eigenvalue weighted by Gasteiger charge is -2.03. The molecule has 0 heterocycles. The molecule has 0 bridgehead atoms. The molecule has 0 fully saturated rings. The molecule has 0 unspecified atom stereocenters. The first-order valence-corrected chi connectivity index (χ1v) is 4.27. The number of rotatable bonds is 4. The number of nitro groups is 1. The summed E-state index contributed by atoms with van der Waals surface area (Å²) in [6.45, 7) is 2.10. The lowest BCUT2D eigenvalue weighted by atomic mass is 10.2. The molecule has 0 atom stereocenters. The second-order valence-electron chi connectivity index (χ2n) is 2.66. The highest BCUT2D eigenvalue weighted by Crippen LogP contribution is 2.27. The van der Waals surface area contributed by atoms with Gasteiger partial charge in [0.05, 0.1) is 17.7 Å². The average Bonchev–Trinajstić information content (AvgIpc) is 2.21. The first-order chi connectivity index (χ1) is 7.19. The van der Waals surface area contributed by atoms with Crippen LogP contribution in [-0.4, -0.2) is 23.0 Å². The number of nitrogens with zero attached hydrogens (tertiary/aromatic N) is 2. The SMILES string of the molecule is CCOc1ccc(/C=N\O)cc1[N+](=O)[O-]. The third-order valence-corrected chi connectivity index (χ3v) is 1.69. The first-order valence-electron chi connectivity index (χ1n) is 4.27. The van der Waals surface area contributed by atoms with Gasteiger partial charge in [-0.15, -0.1) is 0 Å². The molecule has 0 saturated carbocycles. The lowest BCUT2D eigenvalue weighted by Crippen LogP contribution is -1.98. The van der Waals surface area contributed by atoms with Crippen molar-refractivity contribution in [2.45, 2.75) is 6.92 Å². The fourth-order valence-corrected chi connectivity index (χ4v) is 1.10. The van der Waals surface area contributed by atoms with Gasteiger partial charge in [0.15, 0.2) is 5.75 Å². The van der Waals surface area contributed by atoms with Gasteiger partial charge in [0, 0.05) is 11.6 Å². The summed E-state index contributed by atoms with van der Waals surface area (Å²) in [5, 5.41) is 21.8.